The third-order valence-electron chi connectivity index (χ3n) is 3.79. The molecule has 3 N–H and O–H groups in total. The summed E-state index contributed by atoms with van der Waals surface area (Å²) < 4.78 is 0. The largest absolute Gasteiger partial charge is 0.508 e. The van der Waals surface area contributed by atoms with E-state index in [0.29, 0.717) is 17.7 Å². The Kier molecular flexibility index (Phi) is 4.02. The molecule has 2 atom stereocenters. The monoisotopic (exact) mass is 234 g/mol. The first-order chi connectivity index (χ1) is 8.22. The second-order valence-corrected chi connectivity index (χ2v) is 5.01. The predicted octanol–water partition coefficient (Wildman–Crippen LogP) is 2.12. The number of likely N-dealkylation sites (tertiary alicyclic amines) is 1. The first kappa shape index (κ1) is 12.4. The quantitative estimate of drug-likeness (QED) is 0.824. The molecule has 0 unspecified atom stereocenters. The molecule has 1 heterocycles. The SMILES string of the molecule is CN1CCCC[C@H](CN)[C@H]1c1ccc(O)cc1. The number of nitrogens with two attached hydrogens (primary N) is 1. The van der Waals surface area contributed by atoms with Crippen molar-refractivity contribution in [1.29, 1.82) is 0 Å². The fourth-order valence-corrected chi connectivity index (χ4v) is 2.87. The van der Waals surface area contributed by atoms with Crippen LogP contribution in [0.2, 0.25) is 0 Å². The highest BCUT2D eigenvalue weighted by atomic mass is 16.3. The molecule has 3 heteroatoms. The van der Waals surface area contributed by atoms with Crippen LogP contribution in [0.5, 0.6) is 5.75 Å². The predicted molar refractivity (Wildman–Crippen MR) is 69.9 cm³/mol. The summed E-state index contributed by atoms with van der Waals surface area (Å²) in [4.78, 5) is 2.40. The van der Waals surface area contributed by atoms with E-state index in [0.717, 1.165) is 13.1 Å². The van der Waals surface area contributed by atoms with Crippen LogP contribution in [-0.2, 0) is 0 Å². The highest BCUT2D eigenvalue weighted by Crippen LogP contribution is 2.34. The second-order valence-electron chi connectivity index (χ2n) is 5.01. The van der Waals surface area contributed by atoms with Gasteiger partial charge in [-0.2, -0.15) is 0 Å². The standard InChI is InChI=1S/C14H22N2O/c1-16-9-3-2-4-12(10-15)14(16)11-5-7-13(17)8-6-11/h5-8,12,14,17H,2-4,9-10,15H2,1H3/t12-,14-/m1/s1. The number of benzene rings is 1. The van der Waals surface area contributed by atoms with E-state index in [-0.39, 0.29) is 0 Å². The molecule has 2 rings (SSSR count). The first-order valence-electron chi connectivity index (χ1n) is 6.41. The number of nitrogens with zero attached hydrogens (tertiary/aromatic N) is 1. The van der Waals surface area contributed by atoms with E-state index < -0.39 is 0 Å². The lowest BCUT2D eigenvalue weighted by Gasteiger charge is -2.32. The summed E-state index contributed by atoms with van der Waals surface area (Å²) in [6.45, 7) is 1.86. The zero-order valence-electron chi connectivity index (χ0n) is 10.5. The van der Waals surface area contributed by atoms with Gasteiger partial charge in [-0.05, 0) is 56.6 Å². The highest BCUT2D eigenvalue weighted by Gasteiger charge is 2.27. The fraction of sp³-hybridized carbons (Fsp3) is 0.571. The van der Waals surface area contributed by atoms with Crippen molar-refractivity contribution in [3.63, 3.8) is 0 Å². The van der Waals surface area contributed by atoms with Gasteiger partial charge in [0, 0.05) is 6.04 Å². The maximum absolute atomic E-state index is 9.36. The van der Waals surface area contributed by atoms with E-state index >= 15 is 0 Å². The van der Waals surface area contributed by atoms with Crippen LogP contribution in [0.4, 0.5) is 0 Å². The van der Waals surface area contributed by atoms with Crippen LogP contribution >= 0.6 is 0 Å². The van der Waals surface area contributed by atoms with Gasteiger partial charge in [0.15, 0.2) is 0 Å². The summed E-state index contributed by atoms with van der Waals surface area (Å²) in [6, 6.07) is 7.96. The summed E-state index contributed by atoms with van der Waals surface area (Å²) in [5.41, 5.74) is 7.18. The normalized spacial score (nSPS) is 26.7. The van der Waals surface area contributed by atoms with Crippen LogP contribution in [0.1, 0.15) is 30.9 Å². The van der Waals surface area contributed by atoms with Crippen LogP contribution in [0.15, 0.2) is 24.3 Å². The lowest BCUT2D eigenvalue weighted by Crippen LogP contribution is -2.32. The second kappa shape index (κ2) is 5.52. The number of aromatic hydroxyl groups is 1. The van der Waals surface area contributed by atoms with Crippen LogP contribution in [0.25, 0.3) is 0 Å². The molecular formula is C14H22N2O. The zero-order valence-corrected chi connectivity index (χ0v) is 10.5. The number of rotatable bonds is 2. The van der Waals surface area contributed by atoms with E-state index in [4.69, 9.17) is 5.73 Å². The zero-order chi connectivity index (χ0) is 12.3. The van der Waals surface area contributed by atoms with Crippen LogP contribution in [0.3, 0.4) is 0 Å². The molecule has 0 radical (unpaired) electrons. The Bertz CT molecular complexity index is 350. The van der Waals surface area contributed by atoms with E-state index in [1.807, 2.05) is 12.1 Å². The molecule has 0 saturated carbocycles. The molecule has 0 amide bonds. The average Bonchev–Trinajstić information content (AvgIpc) is 2.52. The lowest BCUT2D eigenvalue weighted by molar-refractivity contribution is 0.196. The molecule has 0 aliphatic carbocycles. The van der Waals surface area contributed by atoms with Crippen LogP contribution < -0.4 is 5.73 Å². The summed E-state index contributed by atoms with van der Waals surface area (Å²) in [5.74, 6) is 0.848. The molecule has 94 valence electrons. The minimum absolute atomic E-state index is 0.328. The van der Waals surface area contributed by atoms with Gasteiger partial charge >= 0.3 is 0 Å². The summed E-state index contributed by atoms with van der Waals surface area (Å²) in [7, 11) is 2.17. The van der Waals surface area contributed by atoms with E-state index in [2.05, 4.69) is 11.9 Å². The molecule has 1 aliphatic rings. The van der Waals surface area contributed by atoms with E-state index in [1.54, 1.807) is 12.1 Å². The molecule has 0 aromatic heterocycles. The molecule has 1 aliphatic heterocycles. The topological polar surface area (TPSA) is 49.5 Å². The fourth-order valence-electron chi connectivity index (χ4n) is 2.87. The Hall–Kier alpha value is -1.06. The van der Waals surface area contributed by atoms with Gasteiger partial charge in [-0.1, -0.05) is 18.6 Å². The van der Waals surface area contributed by atoms with Crippen molar-refractivity contribution in [3.05, 3.63) is 29.8 Å². The maximum atomic E-state index is 9.36. The number of phenolic OH excluding ortho intramolecular Hbond substituents is 1. The number of phenols is 1. The van der Waals surface area contributed by atoms with Gasteiger partial charge in [-0.3, -0.25) is 4.90 Å². The number of hydrogen-bond donors (Lipinski definition) is 2. The van der Waals surface area contributed by atoms with Crippen molar-refractivity contribution in [2.75, 3.05) is 20.1 Å². The third kappa shape index (κ3) is 2.79. The Morgan fingerprint density at radius 2 is 2.00 bits per heavy atom. The van der Waals surface area contributed by atoms with Crippen molar-refractivity contribution < 1.29 is 5.11 Å². The average molecular weight is 234 g/mol. The molecular weight excluding hydrogens is 212 g/mol. The first-order valence-corrected chi connectivity index (χ1v) is 6.41. The van der Waals surface area contributed by atoms with Gasteiger partial charge in [0.2, 0.25) is 0 Å². The van der Waals surface area contributed by atoms with Gasteiger partial charge in [0.05, 0.1) is 0 Å². The summed E-state index contributed by atoms with van der Waals surface area (Å²) in [5, 5.41) is 9.36. The highest BCUT2D eigenvalue weighted by molar-refractivity contribution is 5.28. The molecule has 1 saturated heterocycles. The minimum Gasteiger partial charge on any atom is -0.508 e. The lowest BCUT2D eigenvalue weighted by atomic mass is 9.89. The molecule has 0 spiro atoms. The molecule has 1 aromatic rings. The molecule has 3 nitrogen and oxygen atoms in total. The molecule has 1 aromatic carbocycles. The molecule has 1 fully saturated rings. The Labute approximate surface area is 103 Å². The Balaban J connectivity index is 2.26. The van der Waals surface area contributed by atoms with Crippen molar-refractivity contribution >= 4 is 0 Å². The van der Waals surface area contributed by atoms with E-state index in [9.17, 15) is 5.11 Å². The van der Waals surface area contributed by atoms with Gasteiger partial charge in [0.25, 0.3) is 0 Å². The van der Waals surface area contributed by atoms with Crippen molar-refractivity contribution in [1.82, 2.24) is 4.90 Å². The Morgan fingerprint density at radius 1 is 1.29 bits per heavy atom. The smallest absolute Gasteiger partial charge is 0.115 e. The van der Waals surface area contributed by atoms with Crippen molar-refractivity contribution in [3.8, 4) is 5.75 Å². The minimum atomic E-state index is 0.328. The van der Waals surface area contributed by atoms with Crippen molar-refractivity contribution in [2.24, 2.45) is 11.7 Å². The van der Waals surface area contributed by atoms with Gasteiger partial charge in [-0.15, -0.1) is 0 Å². The maximum Gasteiger partial charge on any atom is 0.115 e. The Morgan fingerprint density at radius 3 is 2.65 bits per heavy atom. The third-order valence-corrected chi connectivity index (χ3v) is 3.79. The van der Waals surface area contributed by atoms with Gasteiger partial charge in [-0.25, -0.2) is 0 Å². The van der Waals surface area contributed by atoms with E-state index in [1.165, 1.54) is 24.8 Å². The van der Waals surface area contributed by atoms with Crippen LogP contribution in [0, 0.1) is 5.92 Å². The summed E-state index contributed by atoms with van der Waals surface area (Å²) >= 11 is 0. The van der Waals surface area contributed by atoms with Crippen LogP contribution in [-0.4, -0.2) is 30.1 Å². The molecule has 0 bridgehead atoms. The number of hydrogen-bond acceptors (Lipinski definition) is 3. The van der Waals surface area contributed by atoms with Gasteiger partial charge in [0.1, 0.15) is 5.75 Å². The van der Waals surface area contributed by atoms with Crippen molar-refractivity contribution in [2.45, 2.75) is 25.3 Å². The summed E-state index contributed by atoms with van der Waals surface area (Å²) in [6.07, 6.45) is 3.72. The van der Waals surface area contributed by atoms with Gasteiger partial charge < -0.3 is 10.8 Å². The molecule has 17 heavy (non-hydrogen) atoms.